The van der Waals surface area contributed by atoms with Crippen molar-refractivity contribution in [2.24, 2.45) is 0 Å². The van der Waals surface area contributed by atoms with Crippen molar-refractivity contribution in [2.75, 3.05) is 6.54 Å². The van der Waals surface area contributed by atoms with Crippen LogP contribution in [0.15, 0.2) is 35.0 Å². The molecule has 22 heavy (non-hydrogen) atoms. The summed E-state index contributed by atoms with van der Waals surface area (Å²) in [5.41, 5.74) is 1.02. The Hall–Kier alpha value is -2.83. The third-order valence-corrected chi connectivity index (χ3v) is 3.38. The smallest absolute Gasteiger partial charge is 0.271 e. The molecule has 3 aromatic rings. The molecule has 0 spiro atoms. The lowest BCUT2D eigenvalue weighted by atomic mass is 10.3. The number of aromatic amines is 1. The number of hydrogen-bond acceptors (Lipinski definition) is 4. The molecule has 0 bridgehead atoms. The first-order valence-electron chi connectivity index (χ1n) is 7.01. The second kappa shape index (κ2) is 5.88. The van der Waals surface area contributed by atoms with Crippen molar-refractivity contribution in [3.63, 3.8) is 0 Å². The molecule has 3 heterocycles. The van der Waals surface area contributed by atoms with E-state index in [4.69, 9.17) is 4.42 Å². The van der Waals surface area contributed by atoms with Crippen LogP contribution >= 0.6 is 0 Å². The van der Waals surface area contributed by atoms with E-state index in [9.17, 15) is 4.79 Å². The summed E-state index contributed by atoms with van der Waals surface area (Å²) < 4.78 is 7.47. The minimum absolute atomic E-state index is 0.219. The Kier molecular flexibility index (Phi) is 3.78. The topological polar surface area (TPSA) is 88.7 Å². The van der Waals surface area contributed by atoms with E-state index >= 15 is 0 Å². The average Bonchev–Trinajstić information content (AvgIpc) is 3.20. The van der Waals surface area contributed by atoms with Crippen molar-refractivity contribution in [1.82, 2.24) is 25.1 Å². The highest BCUT2D eigenvalue weighted by molar-refractivity contribution is 5.93. The SMILES string of the molecule is Cc1ccc(-c2cc(C(=O)NCCn3ccnc3C)n[nH]2)o1. The number of nitrogens with one attached hydrogen (secondary N) is 2. The van der Waals surface area contributed by atoms with Gasteiger partial charge in [0.05, 0.1) is 0 Å². The molecule has 0 aliphatic heterocycles. The van der Waals surface area contributed by atoms with Gasteiger partial charge in [0.15, 0.2) is 11.5 Å². The lowest BCUT2D eigenvalue weighted by Crippen LogP contribution is -2.27. The van der Waals surface area contributed by atoms with Crippen LogP contribution in [0.3, 0.4) is 0 Å². The van der Waals surface area contributed by atoms with Gasteiger partial charge in [0.25, 0.3) is 5.91 Å². The number of nitrogens with zero attached hydrogens (tertiary/aromatic N) is 3. The fourth-order valence-electron chi connectivity index (χ4n) is 2.16. The van der Waals surface area contributed by atoms with Gasteiger partial charge in [-0.3, -0.25) is 9.89 Å². The summed E-state index contributed by atoms with van der Waals surface area (Å²) >= 11 is 0. The molecule has 2 N–H and O–H groups in total. The van der Waals surface area contributed by atoms with Crippen molar-refractivity contribution in [1.29, 1.82) is 0 Å². The number of rotatable bonds is 5. The van der Waals surface area contributed by atoms with E-state index in [1.165, 1.54) is 0 Å². The number of hydrogen-bond donors (Lipinski definition) is 2. The molecule has 0 fully saturated rings. The van der Waals surface area contributed by atoms with Crippen molar-refractivity contribution in [3.05, 3.63) is 47.9 Å². The average molecular weight is 299 g/mol. The standard InChI is InChI=1S/C15H17N5O2/c1-10-3-4-14(22-10)12-9-13(19-18-12)15(21)17-6-8-20-7-5-16-11(20)2/h3-5,7,9H,6,8H2,1-2H3,(H,17,21)(H,18,19). The van der Waals surface area contributed by atoms with E-state index in [0.29, 0.717) is 30.2 Å². The molecular formula is C15H17N5O2. The maximum atomic E-state index is 12.1. The van der Waals surface area contributed by atoms with Gasteiger partial charge in [-0.2, -0.15) is 5.10 Å². The van der Waals surface area contributed by atoms with Gasteiger partial charge in [-0.05, 0) is 26.0 Å². The third kappa shape index (κ3) is 2.93. The Morgan fingerprint density at radius 1 is 1.41 bits per heavy atom. The summed E-state index contributed by atoms with van der Waals surface area (Å²) in [4.78, 5) is 16.2. The molecule has 7 heteroatoms. The van der Waals surface area contributed by atoms with Crippen LogP contribution in [-0.2, 0) is 6.54 Å². The second-order valence-corrected chi connectivity index (χ2v) is 5.00. The minimum Gasteiger partial charge on any atom is -0.460 e. The highest BCUT2D eigenvalue weighted by atomic mass is 16.3. The lowest BCUT2D eigenvalue weighted by molar-refractivity contribution is 0.0947. The van der Waals surface area contributed by atoms with E-state index in [0.717, 1.165) is 11.6 Å². The van der Waals surface area contributed by atoms with Crippen LogP contribution in [0.1, 0.15) is 22.1 Å². The molecule has 1 amide bonds. The van der Waals surface area contributed by atoms with E-state index < -0.39 is 0 Å². The first kappa shape index (κ1) is 14.1. The molecule has 0 saturated heterocycles. The first-order valence-corrected chi connectivity index (χ1v) is 7.01. The number of furan rings is 1. The summed E-state index contributed by atoms with van der Waals surface area (Å²) in [5, 5.41) is 9.66. The Morgan fingerprint density at radius 3 is 2.95 bits per heavy atom. The highest BCUT2D eigenvalue weighted by Crippen LogP contribution is 2.20. The molecule has 7 nitrogen and oxygen atoms in total. The number of carbonyl (C=O) groups is 1. The van der Waals surface area contributed by atoms with Gasteiger partial charge in [-0.15, -0.1) is 0 Å². The first-order chi connectivity index (χ1) is 10.6. The Labute approximate surface area is 127 Å². The molecule has 3 rings (SSSR count). The van der Waals surface area contributed by atoms with Crippen LogP contribution < -0.4 is 5.32 Å². The molecule has 0 unspecified atom stereocenters. The molecule has 114 valence electrons. The maximum absolute atomic E-state index is 12.1. The molecule has 0 atom stereocenters. The molecule has 0 saturated carbocycles. The highest BCUT2D eigenvalue weighted by Gasteiger charge is 2.12. The van der Waals surface area contributed by atoms with Gasteiger partial charge in [0.2, 0.25) is 0 Å². The number of H-pyrrole nitrogens is 1. The molecular weight excluding hydrogens is 282 g/mol. The quantitative estimate of drug-likeness (QED) is 0.753. The summed E-state index contributed by atoms with van der Waals surface area (Å²) in [5.74, 6) is 2.18. The molecule has 0 aliphatic rings. The van der Waals surface area contributed by atoms with Gasteiger partial charge >= 0.3 is 0 Å². The number of carbonyl (C=O) groups excluding carboxylic acids is 1. The predicted molar refractivity (Wildman–Crippen MR) is 80.3 cm³/mol. The monoisotopic (exact) mass is 299 g/mol. The summed E-state index contributed by atoms with van der Waals surface area (Å²) in [6.45, 7) is 4.98. The predicted octanol–water partition coefficient (Wildman–Crippen LogP) is 1.91. The zero-order valence-corrected chi connectivity index (χ0v) is 12.5. The third-order valence-electron chi connectivity index (χ3n) is 3.38. The van der Waals surface area contributed by atoms with Gasteiger partial charge in [-0.1, -0.05) is 0 Å². The van der Waals surface area contributed by atoms with Crippen molar-refractivity contribution >= 4 is 5.91 Å². The molecule has 0 aliphatic carbocycles. The van der Waals surface area contributed by atoms with Crippen LogP contribution in [0.2, 0.25) is 0 Å². The van der Waals surface area contributed by atoms with Crippen molar-refractivity contribution in [2.45, 2.75) is 20.4 Å². The largest absolute Gasteiger partial charge is 0.460 e. The minimum atomic E-state index is -0.219. The van der Waals surface area contributed by atoms with Gasteiger partial charge in [-0.25, -0.2) is 4.98 Å². The van der Waals surface area contributed by atoms with E-state index in [1.54, 1.807) is 12.3 Å². The maximum Gasteiger partial charge on any atom is 0.271 e. The zero-order valence-electron chi connectivity index (χ0n) is 12.5. The molecule has 0 radical (unpaired) electrons. The summed E-state index contributed by atoms with van der Waals surface area (Å²) in [6.07, 6.45) is 3.62. The summed E-state index contributed by atoms with van der Waals surface area (Å²) in [6, 6.07) is 5.38. The number of imidazole rings is 1. The number of aromatic nitrogens is 4. The Bertz CT molecular complexity index is 783. The van der Waals surface area contributed by atoms with Crippen LogP contribution in [0, 0.1) is 13.8 Å². The molecule has 3 aromatic heterocycles. The van der Waals surface area contributed by atoms with Gasteiger partial charge in [0, 0.05) is 31.5 Å². The van der Waals surface area contributed by atoms with Crippen molar-refractivity contribution < 1.29 is 9.21 Å². The zero-order chi connectivity index (χ0) is 15.5. The van der Waals surface area contributed by atoms with E-state index in [1.807, 2.05) is 36.7 Å². The van der Waals surface area contributed by atoms with E-state index in [-0.39, 0.29) is 5.91 Å². The lowest BCUT2D eigenvalue weighted by Gasteiger charge is -2.05. The number of amides is 1. The Morgan fingerprint density at radius 2 is 2.27 bits per heavy atom. The van der Waals surface area contributed by atoms with Crippen molar-refractivity contribution in [3.8, 4) is 11.5 Å². The Balaban J connectivity index is 1.59. The van der Waals surface area contributed by atoms with Crippen LogP contribution in [0.5, 0.6) is 0 Å². The number of aryl methyl sites for hydroxylation is 2. The fourth-order valence-corrected chi connectivity index (χ4v) is 2.16. The van der Waals surface area contributed by atoms with E-state index in [2.05, 4.69) is 20.5 Å². The van der Waals surface area contributed by atoms with Crippen LogP contribution in [-0.4, -0.2) is 32.2 Å². The van der Waals surface area contributed by atoms with Crippen LogP contribution in [0.25, 0.3) is 11.5 Å². The normalized spacial score (nSPS) is 10.8. The molecule has 0 aromatic carbocycles. The summed E-state index contributed by atoms with van der Waals surface area (Å²) in [7, 11) is 0. The fraction of sp³-hybridized carbons (Fsp3) is 0.267. The van der Waals surface area contributed by atoms with Crippen LogP contribution in [0.4, 0.5) is 0 Å². The second-order valence-electron chi connectivity index (χ2n) is 5.00. The van der Waals surface area contributed by atoms with Gasteiger partial charge in [0.1, 0.15) is 17.3 Å². The van der Waals surface area contributed by atoms with Gasteiger partial charge < -0.3 is 14.3 Å².